The number of likely N-dealkylation sites (N-methyl/N-ethyl adjacent to an activating group) is 1. The van der Waals surface area contributed by atoms with Gasteiger partial charge >= 0.3 is 0 Å². The molecular weight excluding hydrogens is 226 g/mol. The maximum atomic E-state index is 12.3. The molecule has 0 aliphatic carbocycles. The maximum Gasteiger partial charge on any atom is 0.225 e. The van der Waals surface area contributed by atoms with Crippen molar-refractivity contribution in [1.82, 2.24) is 14.7 Å². The molecule has 2 aliphatic rings. The Morgan fingerprint density at radius 1 is 0.833 bits per heavy atom. The molecule has 0 unspecified atom stereocenters. The number of hydrogen-bond donors (Lipinski definition) is 0. The lowest BCUT2D eigenvalue weighted by molar-refractivity contribution is -0.138. The second-order valence-electron chi connectivity index (χ2n) is 5.21. The van der Waals surface area contributed by atoms with E-state index < -0.39 is 0 Å². The van der Waals surface area contributed by atoms with E-state index in [4.69, 9.17) is 0 Å². The third-order valence-electron chi connectivity index (χ3n) is 3.88. The Labute approximate surface area is 112 Å². The van der Waals surface area contributed by atoms with Gasteiger partial charge in [-0.2, -0.15) is 0 Å². The average molecular weight is 255 g/mol. The van der Waals surface area contributed by atoms with Crippen molar-refractivity contribution in [3.05, 3.63) is 0 Å². The van der Waals surface area contributed by atoms with Gasteiger partial charge in [-0.15, -0.1) is 0 Å². The van der Waals surface area contributed by atoms with Gasteiger partial charge in [0.2, 0.25) is 5.91 Å². The van der Waals surface area contributed by atoms with Crippen LogP contribution in [0.15, 0.2) is 0 Å². The van der Waals surface area contributed by atoms with Gasteiger partial charge in [0.15, 0.2) is 0 Å². The minimum absolute atomic E-state index is 0.291. The fourth-order valence-electron chi connectivity index (χ4n) is 2.54. The molecule has 0 radical (unpaired) electrons. The molecule has 18 heavy (non-hydrogen) atoms. The summed E-state index contributed by atoms with van der Waals surface area (Å²) >= 11 is 0. The van der Waals surface area contributed by atoms with Gasteiger partial charge in [-0.25, -0.2) is 0 Å². The van der Waals surface area contributed by atoms with Crippen molar-refractivity contribution in [3.8, 4) is 0 Å². The molecule has 0 aromatic heterocycles. The van der Waals surface area contributed by atoms with Gasteiger partial charge in [0.05, 0.1) is 0 Å². The second-order valence-corrected chi connectivity index (χ2v) is 5.21. The first-order chi connectivity index (χ1) is 8.66. The largest absolute Gasteiger partial charge is 0.340 e. The summed E-state index contributed by atoms with van der Waals surface area (Å²) in [6.07, 6.45) is 2.09. The molecule has 2 fully saturated rings. The van der Waals surface area contributed by atoms with Crippen LogP contribution in [0.1, 0.15) is 26.7 Å². The predicted octanol–water partition coefficient (Wildman–Crippen LogP) is 1.13. The summed E-state index contributed by atoms with van der Waals surface area (Å²) in [5, 5.41) is 0. The van der Waals surface area contributed by atoms with Crippen molar-refractivity contribution in [2.75, 3.05) is 53.4 Å². The molecule has 0 spiro atoms. The summed E-state index contributed by atoms with van der Waals surface area (Å²) in [6, 6.07) is 0. The molecule has 0 aromatic rings. The van der Waals surface area contributed by atoms with Crippen LogP contribution >= 0.6 is 0 Å². The van der Waals surface area contributed by atoms with E-state index in [2.05, 4.69) is 28.8 Å². The van der Waals surface area contributed by atoms with Crippen LogP contribution in [0, 0.1) is 5.92 Å². The SMILES string of the molecule is CC.CN1CCC(C(=O)N2CCN(C)CC2)CC1. The fraction of sp³-hybridized carbons (Fsp3) is 0.929. The summed E-state index contributed by atoms with van der Waals surface area (Å²) < 4.78 is 0. The van der Waals surface area contributed by atoms with Crippen LogP contribution in [-0.2, 0) is 4.79 Å². The molecule has 0 bridgehead atoms. The van der Waals surface area contributed by atoms with Crippen molar-refractivity contribution in [1.29, 1.82) is 0 Å². The van der Waals surface area contributed by atoms with Crippen LogP contribution in [0.2, 0.25) is 0 Å². The lowest BCUT2D eigenvalue weighted by Crippen LogP contribution is -2.50. The molecule has 2 aliphatic heterocycles. The van der Waals surface area contributed by atoms with E-state index in [1.165, 1.54) is 0 Å². The molecule has 0 saturated carbocycles. The minimum Gasteiger partial charge on any atom is -0.340 e. The fourth-order valence-corrected chi connectivity index (χ4v) is 2.54. The van der Waals surface area contributed by atoms with Crippen LogP contribution < -0.4 is 0 Å². The first-order valence-electron chi connectivity index (χ1n) is 7.32. The Bertz CT molecular complexity index is 217. The zero-order valence-electron chi connectivity index (χ0n) is 12.5. The van der Waals surface area contributed by atoms with Gasteiger partial charge in [0.1, 0.15) is 0 Å². The highest BCUT2D eigenvalue weighted by Gasteiger charge is 2.28. The lowest BCUT2D eigenvalue weighted by atomic mass is 9.95. The standard InChI is InChI=1S/C12H23N3O.C2H6/c1-13-5-3-11(4-6-13)12(16)15-9-7-14(2)8-10-15;1-2/h11H,3-10H2,1-2H3;1-2H3. The third kappa shape index (κ3) is 4.25. The Hall–Kier alpha value is -0.610. The number of nitrogens with zero attached hydrogens (tertiary/aromatic N) is 3. The zero-order valence-corrected chi connectivity index (χ0v) is 12.5. The molecule has 0 N–H and O–H groups in total. The Morgan fingerprint density at radius 2 is 1.28 bits per heavy atom. The number of hydrogen-bond acceptors (Lipinski definition) is 3. The van der Waals surface area contributed by atoms with Crippen molar-refractivity contribution in [2.24, 2.45) is 5.92 Å². The summed E-state index contributed by atoms with van der Waals surface area (Å²) in [4.78, 5) is 18.9. The van der Waals surface area contributed by atoms with Gasteiger partial charge in [0.25, 0.3) is 0 Å². The minimum atomic E-state index is 0.291. The Morgan fingerprint density at radius 3 is 1.78 bits per heavy atom. The Kier molecular flexibility index (Phi) is 6.65. The topological polar surface area (TPSA) is 26.8 Å². The summed E-state index contributed by atoms with van der Waals surface area (Å²) in [5.74, 6) is 0.695. The molecule has 2 saturated heterocycles. The van der Waals surface area contributed by atoms with Crippen molar-refractivity contribution >= 4 is 5.91 Å². The highest BCUT2D eigenvalue weighted by Crippen LogP contribution is 2.19. The first-order valence-corrected chi connectivity index (χ1v) is 7.32. The first kappa shape index (κ1) is 15.4. The lowest BCUT2D eigenvalue weighted by Gasteiger charge is -2.36. The van der Waals surface area contributed by atoms with Crippen molar-refractivity contribution in [2.45, 2.75) is 26.7 Å². The zero-order chi connectivity index (χ0) is 13.5. The highest BCUT2D eigenvalue weighted by molar-refractivity contribution is 5.79. The van der Waals surface area contributed by atoms with E-state index in [0.717, 1.165) is 52.1 Å². The monoisotopic (exact) mass is 255 g/mol. The average Bonchev–Trinajstić information content (AvgIpc) is 2.42. The van der Waals surface area contributed by atoms with Crippen LogP contribution in [0.4, 0.5) is 0 Å². The van der Waals surface area contributed by atoms with E-state index in [1.807, 2.05) is 13.8 Å². The number of likely N-dealkylation sites (tertiary alicyclic amines) is 1. The smallest absolute Gasteiger partial charge is 0.225 e. The van der Waals surface area contributed by atoms with Gasteiger partial charge in [-0.05, 0) is 40.0 Å². The van der Waals surface area contributed by atoms with Gasteiger partial charge in [0, 0.05) is 32.1 Å². The molecule has 2 rings (SSSR count). The normalized spacial score (nSPS) is 23.4. The molecular formula is C14H29N3O. The van der Waals surface area contributed by atoms with E-state index >= 15 is 0 Å². The molecule has 2 heterocycles. The molecule has 0 aromatic carbocycles. The number of piperidine rings is 1. The third-order valence-corrected chi connectivity index (χ3v) is 3.88. The summed E-state index contributed by atoms with van der Waals surface area (Å²) in [7, 11) is 4.26. The number of carbonyl (C=O) groups excluding carboxylic acids is 1. The number of rotatable bonds is 1. The predicted molar refractivity (Wildman–Crippen MR) is 75.6 cm³/mol. The number of piperazine rings is 1. The molecule has 0 atom stereocenters. The van der Waals surface area contributed by atoms with Crippen LogP contribution in [0.3, 0.4) is 0 Å². The van der Waals surface area contributed by atoms with Crippen molar-refractivity contribution in [3.63, 3.8) is 0 Å². The number of carbonyl (C=O) groups is 1. The summed E-state index contributed by atoms with van der Waals surface area (Å²) in [5.41, 5.74) is 0. The molecule has 4 nitrogen and oxygen atoms in total. The van der Waals surface area contributed by atoms with Gasteiger partial charge in [-0.3, -0.25) is 4.79 Å². The van der Waals surface area contributed by atoms with Crippen LogP contribution in [0.25, 0.3) is 0 Å². The second kappa shape index (κ2) is 7.74. The maximum absolute atomic E-state index is 12.3. The van der Waals surface area contributed by atoms with E-state index in [-0.39, 0.29) is 0 Å². The highest BCUT2D eigenvalue weighted by atomic mass is 16.2. The van der Waals surface area contributed by atoms with E-state index in [9.17, 15) is 4.79 Å². The van der Waals surface area contributed by atoms with Gasteiger partial charge in [-0.1, -0.05) is 13.8 Å². The Balaban J connectivity index is 0.000000771. The van der Waals surface area contributed by atoms with Crippen molar-refractivity contribution < 1.29 is 4.79 Å². The molecule has 4 heteroatoms. The molecule has 1 amide bonds. The van der Waals surface area contributed by atoms with Crippen LogP contribution in [-0.4, -0.2) is 74.0 Å². The number of amides is 1. The van der Waals surface area contributed by atoms with E-state index in [0.29, 0.717) is 11.8 Å². The van der Waals surface area contributed by atoms with E-state index in [1.54, 1.807) is 0 Å². The van der Waals surface area contributed by atoms with Crippen LogP contribution in [0.5, 0.6) is 0 Å². The summed E-state index contributed by atoms with van der Waals surface area (Å²) in [6.45, 7) is 10.0. The quantitative estimate of drug-likeness (QED) is 0.703. The molecule has 106 valence electrons. The van der Waals surface area contributed by atoms with Gasteiger partial charge < -0.3 is 14.7 Å².